The fourth-order valence-corrected chi connectivity index (χ4v) is 1.18. The molecule has 2 rings (SSSR count). The number of carbonyl (C=O) groups excluding carboxylic acids is 1. The smallest absolute Gasteiger partial charge is 0.323 e. The van der Waals surface area contributed by atoms with Crippen LogP contribution in [0.1, 0.15) is 0 Å². The lowest BCUT2D eigenvalue weighted by Gasteiger charge is -2.25. The van der Waals surface area contributed by atoms with Crippen molar-refractivity contribution in [2.45, 2.75) is 6.17 Å². The molecule has 2 heterocycles. The minimum absolute atomic E-state index is 0.0151. The molecule has 0 radical (unpaired) electrons. The molecular formula is C7H9N3O. The first-order valence-electron chi connectivity index (χ1n) is 3.45. The zero-order valence-corrected chi connectivity index (χ0v) is 6.16. The van der Waals surface area contributed by atoms with Crippen LogP contribution in [0.25, 0.3) is 0 Å². The van der Waals surface area contributed by atoms with Crippen molar-refractivity contribution in [1.29, 1.82) is 0 Å². The maximum absolute atomic E-state index is 11.0. The van der Waals surface area contributed by atoms with E-state index in [1.165, 1.54) is 4.90 Å². The first kappa shape index (κ1) is 6.27. The standard InChI is InChI=1S/C7H9N3O/c1-10-4-5-2-3-8-6(5)9-7(10)11/h2-4,6,8H,1H3,(H,9,11). The summed E-state index contributed by atoms with van der Waals surface area (Å²) >= 11 is 0. The Balaban J connectivity index is 2.29. The van der Waals surface area contributed by atoms with Gasteiger partial charge in [-0.3, -0.25) is 0 Å². The second kappa shape index (κ2) is 2.02. The maximum atomic E-state index is 11.0. The highest BCUT2D eigenvalue weighted by atomic mass is 16.2. The summed E-state index contributed by atoms with van der Waals surface area (Å²) in [6, 6.07) is -0.0741. The quantitative estimate of drug-likeness (QED) is 0.510. The lowest BCUT2D eigenvalue weighted by Crippen LogP contribution is -2.49. The molecule has 0 saturated heterocycles. The molecule has 58 valence electrons. The second-order valence-corrected chi connectivity index (χ2v) is 2.62. The van der Waals surface area contributed by atoms with Crippen molar-refractivity contribution in [1.82, 2.24) is 15.5 Å². The van der Waals surface area contributed by atoms with Crippen molar-refractivity contribution in [2.24, 2.45) is 0 Å². The van der Waals surface area contributed by atoms with Gasteiger partial charge in [0.15, 0.2) is 0 Å². The summed E-state index contributed by atoms with van der Waals surface area (Å²) in [5.41, 5.74) is 1.09. The first-order valence-corrected chi connectivity index (χ1v) is 3.45. The van der Waals surface area contributed by atoms with Crippen molar-refractivity contribution in [3.63, 3.8) is 0 Å². The number of hydrogen-bond acceptors (Lipinski definition) is 2. The molecule has 0 spiro atoms. The average molecular weight is 151 g/mol. The van der Waals surface area contributed by atoms with Gasteiger partial charge >= 0.3 is 6.03 Å². The van der Waals surface area contributed by atoms with Crippen LogP contribution in [0, 0.1) is 0 Å². The van der Waals surface area contributed by atoms with Gasteiger partial charge in [0.05, 0.1) is 0 Å². The van der Waals surface area contributed by atoms with Gasteiger partial charge < -0.3 is 15.5 Å². The Bertz CT molecular complexity index is 256. The zero-order chi connectivity index (χ0) is 7.84. The summed E-state index contributed by atoms with van der Waals surface area (Å²) in [5.74, 6) is 0. The van der Waals surface area contributed by atoms with E-state index in [1.54, 1.807) is 7.05 Å². The molecule has 0 aliphatic carbocycles. The maximum Gasteiger partial charge on any atom is 0.323 e. The normalized spacial score (nSPS) is 27.4. The van der Waals surface area contributed by atoms with Gasteiger partial charge in [0, 0.05) is 18.8 Å². The van der Waals surface area contributed by atoms with Crippen molar-refractivity contribution < 1.29 is 4.79 Å². The van der Waals surface area contributed by atoms with Gasteiger partial charge in [-0.25, -0.2) is 4.79 Å². The summed E-state index contributed by atoms with van der Waals surface area (Å²) in [5, 5.41) is 5.78. The molecule has 11 heavy (non-hydrogen) atoms. The highest BCUT2D eigenvalue weighted by molar-refractivity contribution is 5.77. The average Bonchev–Trinajstić information content (AvgIpc) is 2.36. The number of nitrogens with one attached hydrogen (secondary N) is 2. The van der Waals surface area contributed by atoms with Crippen molar-refractivity contribution in [3.8, 4) is 0 Å². The van der Waals surface area contributed by atoms with Crippen LogP contribution >= 0.6 is 0 Å². The van der Waals surface area contributed by atoms with E-state index in [0.717, 1.165) is 5.57 Å². The summed E-state index contributed by atoms with van der Waals surface area (Å²) < 4.78 is 0. The van der Waals surface area contributed by atoms with Crippen LogP contribution in [-0.2, 0) is 0 Å². The summed E-state index contributed by atoms with van der Waals surface area (Å²) in [6.07, 6.45) is 5.58. The Morgan fingerprint density at radius 1 is 1.64 bits per heavy atom. The molecule has 1 unspecified atom stereocenters. The Labute approximate surface area is 64.6 Å². The molecule has 2 aliphatic heterocycles. The van der Waals surface area contributed by atoms with E-state index in [4.69, 9.17) is 0 Å². The number of amides is 2. The summed E-state index contributed by atoms with van der Waals surface area (Å²) in [7, 11) is 1.73. The van der Waals surface area contributed by atoms with E-state index in [-0.39, 0.29) is 12.2 Å². The third-order valence-corrected chi connectivity index (χ3v) is 1.80. The Morgan fingerprint density at radius 3 is 3.27 bits per heavy atom. The molecule has 2 N–H and O–H groups in total. The van der Waals surface area contributed by atoms with Gasteiger partial charge in [0.2, 0.25) is 0 Å². The van der Waals surface area contributed by atoms with Crippen LogP contribution in [0.4, 0.5) is 4.79 Å². The molecule has 1 atom stereocenters. The van der Waals surface area contributed by atoms with Gasteiger partial charge in [-0.2, -0.15) is 0 Å². The number of fused-ring (bicyclic) bond motifs is 1. The predicted molar refractivity (Wildman–Crippen MR) is 40.4 cm³/mol. The van der Waals surface area contributed by atoms with Crippen LogP contribution in [0.2, 0.25) is 0 Å². The van der Waals surface area contributed by atoms with Crippen LogP contribution in [0.5, 0.6) is 0 Å². The van der Waals surface area contributed by atoms with Crippen LogP contribution in [-0.4, -0.2) is 24.1 Å². The van der Waals surface area contributed by atoms with E-state index >= 15 is 0 Å². The molecule has 2 aliphatic rings. The number of urea groups is 1. The van der Waals surface area contributed by atoms with E-state index in [1.807, 2.05) is 18.5 Å². The molecule has 0 aromatic heterocycles. The van der Waals surface area contributed by atoms with Crippen LogP contribution in [0.15, 0.2) is 24.0 Å². The Hall–Kier alpha value is -1.45. The SMILES string of the molecule is CN1C=C2C=CNC2NC1=O. The van der Waals surface area contributed by atoms with E-state index in [2.05, 4.69) is 10.6 Å². The second-order valence-electron chi connectivity index (χ2n) is 2.62. The number of nitrogens with zero attached hydrogens (tertiary/aromatic N) is 1. The third-order valence-electron chi connectivity index (χ3n) is 1.80. The molecule has 0 aromatic rings. The molecule has 2 amide bonds. The minimum Gasteiger partial charge on any atom is -0.368 e. The zero-order valence-electron chi connectivity index (χ0n) is 6.16. The Kier molecular flexibility index (Phi) is 1.15. The van der Waals surface area contributed by atoms with Crippen molar-refractivity contribution in [3.05, 3.63) is 24.0 Å². The molecule has 0 saturated carbocycles. The van der Waals surface area contributed by atoms with Gasteiger partial charge in [0.25, 0.3) is 0 Å². The monoisotopic (exact) mass is 151 g/mol. The highest BCUT2D eigenvalue weighted by Gasteiger charge is 2.24. The highest BCUT2D eigenvalue weighted by Crippen LogP contribution is 2.13. The predicted octanol–water partition coefficient (Wildman–Crippen LogP) is -0.0317. The van der Waals surface area contributed by atoms with Crippen molar-refractivity contribution >= 4 is 6.03 Å². The van der Waals surface area contributed by atoms with E-state index < -0.39 is 0 Å². The molecule has 0 bridgehead atoms. The van der Waals surface area contributed by atoms with Crippen LogP contribution in [0.3, 0.4) is 0 Å². The first-order chi connectivity index (χ1) is 5.27. The third kappa shape index (κ3) is 0.869. The molecule has 4 nitrogen and oxygen atoms in total. The number of hydrogen-bond donors (Lipinski definition) is 2. The fraction of sp³-hybridized carbons (Fsp3) is 0.286. The number of carbonyl (C=O) groups is 1. The minimum atomic E-state index is -0.0741. The summed E-state index contributed by atoms with van der Waals surface area (Å²) in [4.78, 5) is 12.6. The lowest BCUT2D eigenvalue weighted by atomic mass is 10.2. The summed E-state index contributed by atoms with van der Waals surface area (Å²) in [6.45, 7) is 0. The number of rotatable bonds is 0. The molecule has 0 aromatic carbocycles. The molecule has 4 heteroatoms. The molecular weight excluding hydrogens is 142 g/mol. The fourth-order valence-electron chi connectivity index (χ4n) is 1.18. The van der Waals surface area contributed by atoms with Gasteiger partial charge in [-0.15, -0.1) is 0 Å². The topological polar surface area (TPSA) is 44.4 Å². The van der Waals surface area contributed by atoms with Gasteiger partial charge in [-0.05, 0) is 12.3 Å². The lowest BCUT2D eigenvalue weighted by molar-refractivity contribution is 0.215. The van der Waals surface area contributed by atoms with Gasteiger partial charge in [0.1, 0.15) is 6.17 Å². The van der Waals surface area contributed by atoms with E-state index in [9.17, 15) is 4.79 Å². The largest absolute Gasteiger partial charge is 0.368 e. The van der Waals surface area contributed by atoms with E-state index in [0.29, 0.717) is 0 Å². The Morgan fingerprint density at radius 2 is 2.45 bits per heavy atom. The van der Waals surface area contributed by atoms with Crippen molar-refractivity contribution in [2.75, 3.05) is 7.05 Å². The van der Waals surface area contributed by atoms with Gasteiger partial charge in [-0.1, -0.05) is 0 Å². The van der Waals surface area contributed by atoms with Crippen LogP contribution < -0.4 is 10.6 Å². The molecule has 0 fully saturated rings.